The van der Waals surface area contributed by atoms with E-state index in [-0.39, 0.29) is 0 Å². The first-order chi connectivity index (χ1) is 11.9. The molecule has 0 amide bonds. The van der Waals surface area contributed by atoms with Crippen molar-refractivity contribution in [3.05, 3.63) is 73.0 Å². The van der Waals surface area contributed by atoms with Crippen LogP contribution in [0.3, 0.4) is 0 Å². The van der Waals surface area contributed by atoms with Crippen LogP contribution in [0.15, 0.2) is 61.6 Å². The van der Waals surface area contributed by atoms with Crippen LogP contribution in [0.4, 0.5) is 0 Å². The minimum atomic E-state index is 0.619. The molecule has 0 aliphatic heterocycles. The van der Waals surface area contributed by atoms with Crippen LogP contribution in [0.2, 0.25) is 0 Å². The molecule has 1 aromatic carbocycles. The lowest BCUT2D eigenvalue weighted by molar-refractivity contribution is 0.832. The Morgan fingerprint density at radius 3 is 2.67 bits per heavy atom. The summed E-state index contributed by atoms with van der Waals surface area (Å²) in [5, 5.41) is 4.09. The molecule has 0 saturated carbocycles. The molecule has 1 N–H and O–H groups in total. The molecule has 7 nitrogen and oxygen atoms in total. The highest BCUT2D eigenvalue weighted by Crippen LogP contribution is 2.16. The van der Waals surface area contributed by atoms with E-state index < -0.39 is 0 Å². The van der Waals surface area contributed by atoms with E-state index >= 15 is 0 Å². The number of hydrogen-bond acceptors (Lipinski definition) is 5. The highest BCUT2D eigenvalue weighted by Gasteiger charge is 2.06. The van der Waals surface area contributed by atoms with E-state index in [1.807, 2.05) is 42.5 Å². The lowest BCUT2D eigenvalue weighted by Crippen LogP contribution is -2.02. The van der Waals surface area contributed by atoms with Crippen LogP contribution >= 0.6 is 0 Å². The van der Waals surface area contributed by atoms with E-state index in [0.717, 1.165) is 17.1 Å². The first-order valence-corrected chi connectivity index (χ1v) is 7.35. The van der Waals surface area contributed by atoms with Gasteiger partial charge in [-0.3, -0.25) is 4.98 Å². The number of nitrogens with zero attached hydrogens (tertiary/aromatic N) is 6. The van der Waals surface area contributed by atoms with Gasteiger partial charge in [-0.15, -0.1) is 0 Å². The molecule has 0 spiro atoms. The Balaban J connectivity index is 1.62. The molecule has 3 heterocycles. The first-order valence-electron chi connectivity index (χ1n) is 7.35. The van der Waals surface area contributed by atoms with E-state index in [2.05, 4.69) is 30.0 Å². The first kappa shape index (κ1) is 14.0. The molecule has 0 radical (unpaired) electrons. The summed E-state index contributed by atoms with van der Waals surface area (Å²) < 4.78 is 1.58. The van der Waals surface area contributed by atoms with Crippen molar-refractivity contribution in [1.82, 2.24) is 34.7 Å². The molecule has 7 heteroatoms. The summed E-state index contributed by atoms with van der Waals surface area (Å²) in [4.78, 5) is 20.3. The van der Waals surface area contributed by atoms with Gasteiger partial charge in [0.2, 0.25) is 0 Å². The van der Waals surface area contributed by atoms with Gasteiger partial charge in [-0.05, 0) is 12.2 Å². The van der Waals surface area contributed by atoms with Gasteiger partial charge in [0.1, 0.15) is 24.2 Å². The summed E-state index contributed by atoms with van der Waals surface area (Å²) in [7, 11) is 0. The van der Waals surface area contributed by atoms with E-state index in [0.29, 0.717) is 11.5 Å². The second kappa shape index (κ2) is 6.25. The Labute approximate surface area is 137 Å². The van der Waals surface area contributed by atoms with Gasteiger partial charge >= 0.3 is 0 Å². The van der Waals surface area contributed by atoms with Gasteiger partial charge in [-0.25, -0.2) is 19.6 Å². The van der Waals surface area contributed by atoms with Gasteiger partial charge in [0.05, 0.1) is 11.9 Å². The summed E-state index contributed by atoms with van der Waals surface area (Å²) in [6.45, 7) is 0. The van der Waals surface area contributed by atoms with Crippen LogP contribution in [0, 0.1) is 0 Å². The Morgan fingerprint density at radius 1 is 0.958 bits per heavy atom. The molecule has 0 atom stereocenters. The summed E-state index contributed by atoms with van der Waals surface area (Å²) >= 11 is 0. The normalized spacial score (nSPS) is 11.2. The second-order valence-electron chi connectivity index (χ2n) is 4.99. The highest BCUT2D eigenvalue weighted by atomic mass is 15.3. The fourth-order valence-corrected chi connectivity index (χ4v) is 2.28. The van der Waals surface area contributed by atoms with Gasteiger partial charge in [0.15, 0.2) is 5.82 Å². The highest BCUT2D eigenvalue weighted by molar-refractivity contribution is 5.70. The summed E-state index contributed by atoms with van der Waals surface area (Å²) in [5.74, 6) is 1.44. The van der Waals surface area contributed by atoms with Crippen molar-refractivity contribution in [2.75, 3.05) is 0 Å². The number of hydrogen-bond donors (Lipinski definition) is 1. The van der Waals surface area contributed by atoms with Crippen molar-refractivity contribution < 1.29 is 0 Å². The quantitative estimate of drug-likeness (QED) is 0.625. The molecule has 24 heavy (non-hydrogen) atoms. The third-order valence-corrected chi connectivity index (χ3v) is 3.41. The Hall–Kier alpha value is -3.61. The zero-order chi connectivity index (χ0) is 16.2. The van der Waals surface area contributed by atoms with E-state index in [4.69, 9.17) is 0 Å². The van der Waals surface area contributed by atoms with Crippen molar-refractivity contribution in [1.29, 1.82) is 0 Å². The predicted molar refractivity (Wildman–Crippen MR) is 89.9 cm³/mol. The number of rotatable bonds is 4. The smallest absolute Gasteiger partial charge is 0.181 e. The number of benzene rings is 1. The lowest BCUT2D eigenvalue weighted by Gasteiger charge is -2.01. The average molecular weight is 315 g/mol. The van der Waals surface area contributed by atoms with E-state index in [1.165, 1.54) is 6.33 Å². The molecule has 0 bridgehead atoms. The number of H-pyrrole nitrogens is 1. The van der Waals surface area contributed by atoms with Crippen LogP contribution in [-0.4, -0.2) is 34.7 Å². The maximum Gasteiger partial charge on any atom is 0.181 e. The topological polar surface area (TPSA) is 85.2 Å². The fraction of sp³-hybridized carbons (Fsp3) is 0. The van der Waals surface area contributed by atoms with Crippen LogP contribution in [0.5, 0.6) is 0 Å². The number of aromatic amines is 1. The van der Waals surface area contributed by atoms with Crippen molar-refractivity contribution in [2.24, 2.45) is 0 Å². The minimum Gasteiger partial charge on any atom is -0.338 e. The number of nitrogens with one attached hydrogen (secondary N) is 1. The maximum atomic E-state index is 4.40. The average Bonchev–Trinajstić information content (AvgIpc) is 3.33. The molecule has 0 saturated heterocycles. The fourth-order valence-electron chi connectivity index (χ4n) is 2.28. The molecule has 116 valence electrons. The Kier molecular flexibility index (Phi) is 3.65. The van der Waals surface area contributed by atoms with Gasteiger partial charge in [-0.2, -0.15) is 5.10 Å². The maximum absolute atomic E-state index is 4.40. The summed E-state index contributed by atoms with van der Waals surface area (Å²) in [6, 6.07) is 9.97. The minimum absolute atomic E-state index is 0.619. The SMILES string of the molecule is C(=C\c1nccnc1-n1cncn1)/c1cnc(-c2ccccc2)[nH]1. The van der Waals surface area contributed by atoms with Crippen LogP contribution in [-0.2, 0) is 0 Å². The van der Waals surface area contributed by atoms with Crippen LogP contribution in [0.1, 0.15) is 11.4 Å². The molecule has 0 aliphatic rings. The Bertz CT molecular complexity index is 956. The van der Waals surface area contributed by atoms with Gasteiger partial charge in [0.25, 0.3) is 0 Å². The summed E-state index contributed by atoms with van der Waals surface area (Å²) in [6.07, 6.45) is 11.9. The van der Waals surface area contributed by atoms with Gasteiger partial charge in [0, 0.05) is 18.0 Å². The third-order valence-electron chi connectivity index (χ3n) is 3.41. The zero-order valence-electron chi connectivity index (χ0n) is 12.6. The van der Waals surface area contributed by atoms with Gasteiger partial charge < -0.3 is 4.98 Å². The molecule has 4 aromatic rings. The van der Waals surface area contributed by atoms with Crippen molar-refractivity contribution >= 4 is 12.2 Å². The van der Waals surface area contributed by atoms with E-state index in [1.54, 1.807) is 29.6 Å². The molecule has 3 aromatic heterocycles. The predicted octanol–water partition coefficient (Wildman–Crippen LogP) is 2.62. The second-order valence-corrected chi connectivity index (χ2v) is 4.99. The standard InChI is InChI=1S/C17H13N7/c1-2-4-13(5-3-1)16-21-10-14(23-16)6-7-15-17(20-9-8-19-15)24-12-18-11-22-24/h1-12H,(H,21,23)/b7-6+. The largest absolute Gasteiger partial charge is 0.338 e. The Morgan fingerprint density at radius 2 is 1.83 bits per heavy atom. The molecule has 4 rings (SSSR count). The van der Waals surface area contributed by atoms with E-state index in [9.17, 15) is 0 Å². The number of imidazole rings is 1. The lowest BCUT2D eigenvalue weighted by atomic mass is 10.2. The number of aromatic nitrogens is 7. The van der Waals surface area contributed by atoms with Crippen molar-refractivity contribution in [3.63, 3.8) is 0 Å². The molecular weight excluding hydrogens is 302 g/mol. The third kappa shape index (κ3) is 2.82. The molecule has 0 unspecified atom stereocenters. The zero-order valence-corrected chi connectivity index (χ0v) is 12.6. The molecular formula is C17H13N7. The molecule has 0 fully saturated rings. The van der Waals surface area contributed by atoms with Gasteiger partial charge in [-0.1, -0.05) is 30.3 Å². The van der Waals surface area contributed by atoms with Crippen LogP contribution in [0.25, 0.3) is 29.4 Å². The van der Waals surface area contributed by atoms with Crippen molar-refractivity contribution in [2.45, 2.75) is 0 Å². The van der Waals surface area contributed by atoms with Crippen molar-refractivity contribution in [3.8, 4) is 17.2 Å². The van der Waals surface area contributed by atoms with Crippen LogP contribution < -0.4 is 0 Å². The summed E-state index contributed by atoms with van der Waals surface area (Å²) in [5.41, 5.74) is 2.61. The monoisotopic (exact) mass is 315 g/mol. The molecule has 0 aliphatic carbocycles.